The third kappa shape index (κ3) is 4.09. The molecule has 0 saturated carbocycles. The molecule has 1 aromatic rings. The molecular formula is C13H18F3N3. The minimum absolute atomic E-state index is 0.110. The molecule has 0 radical (unpaired) electrons. The highest BCUT2D eigenvalue weighted by Gasteiger charge is 2.41. The lowest BCUT2D eigenvalue weighted by molar-refractivity contribution is -0.186. The van der Waals surface area contributed by atoms with Crippen LogP contribution in [0.5, 0.6) is 0 Å². The molecule has 3 nitrogen and oxygen atoms in total. The number of nitrogens with zero attached hydrogens (tertiary/aromatic N) is 2. The van der Waals surface area contributed by atoms with E-state index < -0.39 is 12.1 Å². The molecule has 0 aliphatic carbocycles. The fraction of sp³-hybridized carbons (Fsp3) is 0.615. The van der Waals surface area contributed by atoms with Gasteiger partial charge in [0.15, 0.2) is 0 Å². The van der Waals surface area contributed by atoms with Crippen LogP contribution in [-0.2, 0) is 6.42 Å². The first-order valence-corrected chi connectivity index (χ1v) is 6.44. The number of aromatic nitrogens is 1. The number of likely N-dealkylation sites (tertiary alicyclic amines) is 1. The normalized spacial score (nSPS) is 21.5. The number of hydrogen-bond acceptors (Lipinski definition) is 3. The van der Waals surface area contributed by atoms with E-state index in [1.165, 1.54) is 0 Å². The number of piperidine rings is 1. The molecule has 1 atom stereocenters. The van der Waals surface area contributed by atoms with E-state index in [0.717, 1.165) is 12.2 Å². The maximum Gasteiger partial charge on any atom is 0.393 e. The summed E-state index contributed by atoms with van der Waals surface area (Å²) >= 11 is 0. The van der Waals surface area contributed by atoms with Crippen LogP contribution in [0.4, 0.5) is 18.9 Å². The molecule has 0 bridgehead atoms. The summed E-state index contributed by atoms with van der Waals surface area (Å²) in [5, 5.41) is 0. The monoisotopic (exact) mass is 273 g/mol. The molecule has 1 saturated heterocycles. The van der Waals surface area contributed by atoms with Gasteiger partial charge in [-0.25, -0.2) is 0 Å². The van der Waals surface area contributed by atoms with Gasteiger partial charge in [-0.3, -0.25) is 4.98 Å². The first kappa shape index (κ1) is 14.1. The Morgan fingerprint density at radius 1 is 1.37 bits per heavy atom. The van der Waals surface area contributed by atoms with Gasteiger partial charge in [0.25, 0.3) is 0 Å². The van der Waals surface area contributed by atoms with Crippen molar-refractivity contribution in [1.82, 2.24) is 9.88 Å². The average Bonchev–Trinajstić information content (AvgIpc) is 2.37. The summed E-state index contributed by atoms with van der Waals surface area (Å²) in [6.45, 7) is 1.46. The highest BCUT2D eigenvalue weighted by Crippen LogP contribution is 2.33. The third-order valence-corrected chi connectivity index (χ3v) is 3.50. The van der Waals surface area contributed by atoms with Crippen molar-refractivity contribution in [3.8, 4) is 0 Å². The smallest absolute Gasteiger partial charge is 0.393 e. The number of pyridine rings is 1. The van der Waals surface area contributed by atoms with E-state index in [1.54, 1.807) is 12.3 Å². The lowest BCUT2D eigenvalue weighted by Gasteiger charge is -2.33. The van der Waals surface area contributed by atoms with E-state index in [2.05, 4.69) is 4.98 Å². The Bertz CT molecular complexity index is 403. The zero-order chi connectivity index (χ0) is 13.9. The van der Waals surface area contributed by atoms with Crippen LogP contribution in [0, 0.1) is 5.92 Å². The average molecular weight is 273 g/mol. The minimum Gasteiger partial charge on any atom is -0.397 e. The molecule has 0 amide bonds. The van der Waals surface area contributed by atoms with Crippen molar-refractivity contribution in [1.29, 1.82) is 0 Å². The van der Waals surface area contributed by atoms with Gasteiger partial charge in [-0.05, 0) is 31.5 Å². The quantitative estimate of drug-likeness (QED) is 0.920. The van der Waals surface area contributed by atoms with Crippen LogP contribution in [0.3, 0.4) is 0 Å². The van der Waals surface area contributed by atoms with Crippen molar-refractivity contribution < 1.29 is 13.2 Å². The SMILES string of the molecule is Nc1ccc(CCN2CCCC(C(F)(F)F)C2)nc1. The van der Waals surface area contributed by atoms with Crippen molar-refractivity contribution in [2.45, 2.75) is 25.4 Å². The number of hydrogen-bond donors (Lipinski definition) is 1. The van der Waals surface area contributed by atoms with Crippen LogP contribution in [0.1, 0.15) is 18.5 Å². The second kappa shape index (κ2) is 5.77. The molecule has 2 N–H and O–H groups in total. The Hall–Kier alpha value is -1.30. The molecule has 19 heavy (non-hydrogen) atoms. The van der Waals surface area contributed by atoms with E-state index in [4.69, 9.17) is 5.73 Å². The van der Waals surface area contributed by atoms with E-state index in [0.29, 0.717) is 25.1 Å². The second-order valence-corrected chi connectivity index (χ2v) is 5.01. The van der Waals surface area contributed by atoms with Crippen molar-refractivity contribution in [3.05, 3.63) is 24.0 Å². The molecule has 1 unspecified atom stereocenters. The molecule has 1 aromatic heterocycles. The van der Waals surface area contributed by atoms with E-state index in [-0.39, 0.29) is 13.0 Å². The Kier molecular flexibility index (Phi) is 4.29. The van der Waals surface area contributed by atoms with Crippen LogP contribution in [-0.4, -0.2) is 35.7 Å². The maximum absolute atomic E-state index is 12.7. The molecule has 1 fully saturated rings. The van der Waals surface area contributed by atoms with Crippen LogP contribution >= 0.6 is 0 Å². The van der Waals surface area contributed by atoms with Crippen molar-refractivity contribution in [3.63, 3.8) is 0 Å². The van der Waals surface area contributed by atoms with Gasteiger partial charge in [-0.15, -0.1) is 0 Å². The lowest BCUT2D eigenvalue weighted by atomic mass is 9.97. The lowest BCUT2D eigenvalue weighted by Crippen LogP contribution is -2.42. The summed E-state index contributed by atoms with van der Waals surface area (Å²) in [7, 11) is 0. The molecule has 1 aliphatic rings. The van der Waals surface area contributed by atoms with Crippen molar-refractivity contribution >= 4 is 5.69 Å². The first-order chi connectivity index (χ1) is 8.95. The van der Waals surface area contributed by atoms with E-state index in [1.807, 2.05) is 11.0 Å². The number of nitrogen functional groups attached to an aromatic ring is 1. The van der Waals surface area contributed by atoms with Gasteiger partial charge >= 0.3 is 6.18 Å². The third-order valence-electron chi connectivity index (χ3n) is 3.50. The molecule has 6 heteroatoms. The van der Waals surface area contributed by atoms with Crippen LogP contribution in [0.15, 0.2) is 18.3 Å². The molecular weight excluding hydrogens is 255 g/mol. The number of halogens is 3. The molecule has 2 rings (SSSR count). The van der Waals surface area contributed by atoms with Gasteiger partial charge in [0.2, 0.25) is 0 Å². The van der Waals surface area contributed by atoms with Crippen LogP contribution in [0.2, 0.25) is 0 Å². The summed E-state index contributed by atoms with van der Waals surface area (Å²) < 4.78 is 38.0. The molecule has 0 aromatic carbocycles. The number of rotatable bonds is 3. The predicted octanol–water partition coefficient (Wildman–Crippen LogP) is 2.48. The molecule has 2 heterocycles. The number of alkyl halides is 3. The summed E-state index contributed by atoms with van der Waals surface area (Å²) in [5.41, 5.74) is 6.99. The summed E-state index contributed by atoms with van der Waals surface area (Å²) in [6.07, 6.45) is -0.980. The number of anilines is 1. The van der Waals surface area contributed by atoms with Gasteiger partial charge in [0.1, 0.15) is 0 Å². The zero-order valence-corrected chi connectivity index (χ0v) is 10.7. The van der Waals surface area contributed by atoms with Crippen LogP contribution < -0.4 is 5.73 Å². The van der Waals surface area contributed by atoms with E-state index >= 15 is 0 Å². The highest BCUT2D eigenvalue weighted by molar-refractivity contribution is 5.34. The van der Waals surface area contributed by atoms with Gasteiger partial charge in [0.05, 0.1) is 17.8 Å². The van der Waals surface area contributed by atoms with E-state index in [9.17, 15) is 13.2 Å². The maximum atomic E-state index is 12.7. The zero-order valence-electron chi connectivity index (χ0n) is 10.7. The Labute approximate surface area is 110 Å². The minimum atomic E-state index is -4.07. The van der Waals surface area contributed by atoms with Gasteiger partial charge in [-0.1, -0.05) is 0 Å². The molecule has 1 aliphatic heterocycles. The van der Waals surface area contributed by atoms with Crippen molar-refractivity contribution in [2.24, 2.45) is 5.92 Å². The second-order valence-electron chi connectivity index (χ2n) is 5.01. The van der Waals surface area contributed by atoms with Gasteiger partial charge < -0.3 is 10.6 Å². The van der Waals surface area contributed by atoms with Gasteiger partial charge in [-0.2, -0.15) is 13.2 Å². The molecule has 106 valence electrons. The van der Waals surface area contributed by atoms with Crippen LogP contribution in [0.25, 0.3) is 0 Å². The van der Waals surface area contributed by atoms with Gasteiger partial charge in [0, 0.05) is 25.2 Å². The predicted molar refractivity (Wildman–Crippen MR) is 67.6 cm³/mol. The Morgan fingerprint density at radius 3 is 2.79 bits per heavy atom. The fourth-order valence-corrected chi connectivity index (χ4v) is 2.38. The molecule has 0 spiro atoms. The summed E-state index contributed by atoms with van der Waals surface area (Å²) in [6, 6.07) is 3.58. The summed E-state index contributed by atoms with van der Waals surface area (Å²) in [4.78, 5) is 6.03. The largest absolute Gasteiger partial charge is 0.397 e. The Balaban J connectivity index is 1.84. The number of nitrogens with two attached hydrogens (primary N) is 1. The van der Waals surface area contributed by atoms with Crippen molar-refractivity contribution in [2.75, 3.05) is 25.4 Å². The fourth-order valence-electron chi connectivity index (χ4n) is 2.38. The summed E-state index contributed by atoms with van der Waals surface area (Å²) in [5.74, 6) is -1.18. The first-order valence-electron chi connectivity index (χ1n) is 6.44. The topological polar surface area (TPSA) is 42.1 Å². The highest BCUT2D eigenvalue weighted by atomic mass is 19.4. The standard InChI is InChI=1S/C13H18F3N3/c14-13(15,16)10-2-1-6-19(9-10)7-5-12-4-3-11(17)8-18-12/h3-4,8,10H,1-2,5-7,9,17H2. The Morgan fingerprint density at radius 2 is 2.16 bits per heavy atom.